The molecule has 106 valence electrons. The molecule has 5 nitrogen and oxygen atoms in total. The van der Waals surface area contributed by atoms with Crippen molar-refractivity contribution in [2.45, 2.75) is 18.7 Å². The largest absolute Gasteiger partial charge is 0.497 e. The maximum atomic E-state index is 12.5. The first-order valence-electron chi connectivity index (χ1n) is 6.16. The van der Waals surface area contributed by atoms with Crippen molar-refractivity contribution in [2.24, 2.45) is 5.92 Å². The van der Waals surface area contributed by atoms with E-state index < -0.39 is 10.0 Å². The normalized spacial score (nSPS) is 17.3. The summed E-state index contributed by atoms with van der Waals surface area (Å²) in [6.07, 6.45) is 0. The maximum Gasteiger partial charge on any atom is 0.243 e. The Kier molecular flexibility index (Phi) is 3.85. The lowest BCUT2D eigenvalue weighted by Crippen LogP contribution is -2.51. The van der Waals surface area contributed by atoms with Gasteiger partial charge in [0.25, 0.3) is 0 Å². The molecule has 1 aromatic rings. The van der Waals surface area contributed by atoms with Gasteiger partial charge in [0.2, 0.25) is 10.0 Å². The van der Waals surface area contributed by atoms with Crippen molar-refractivity contribution < 1.29 is 18.3 Å². The first kappa shape index (κ1) is 14.3. The van der Waals surface area contributed by atoms with Crippen molar-refractivity contribution in [3.05, 3.63) is 23.3 Å². The van der Waals surface area contributed by atoms with Gasteiger partial charge in [-0.05, 0) is 37.1 Å². The van der Waals surface area contributed by atoms with Gasteiger partial charge in [-0.2, -0.15) is 4.31 Å². The number of aryl methyl sites for hydroxylation is 2. The third-order valence-electron chi connectivity index (χ3n) is 3.45. The van der Waals surface area contributed by atoms with Gasteiger partial charge in [0.15, 0.2) is 0 Å². The molecule has 1 aromatic carbocycles. The zero-order chi connectivity index (χ0) is 14.2. The van der Waals surface area contributed by atoms with Gasteiger partial charge in [0, 0.05) is 25.6 Å². The molecule has 19 heavy (non-hydrogen) atoms. The Bertz CT molecular complexity index is 553. The molecule has 1 heterocycles. The molecular weight excluding hydrogens is 266 g/mol. The molecule has 0 radical (unpaired) electrons. The van der Waals surface area contributed by atoms with E-state index in [0.717, 1.165) is 0 Å². The lowest BCUT2D eigenvalue weighted by Gasteiger charge is -2.37. The number of benzene rings is 1. The number of methoxy groups -OCH3 is 1. The van der Waals surface area contributed by atoms with Crippen molar-refractivity contribution >= 4 is 10.0 Å². The lowest BCUT2D eigenvalue weighted by atomic mass is 10.1. The second-order valence-corrected chi connectivity index (χ2v) is 6.84. The zero-order valence-electron chi connectivity index (χ0n) is 11.4. The highest BCUT2D eigenvalue weighted by atomic mass is 32.2. The van der Waals surface area contributed by atoms with E-state index in [9.17, 15) is 8.42 Å². The molecule has 0 atom stereocenters. The van der Waals surface area contributed by atoms with Gasteiger partial charge in [-0.25, -0.2) is 8.42 Å². The highest BCUT2D eigenvalue weighted by Crippen LogP contribution is 2.31. The van der Waals surface area contributed by atoms with Gasteiger partial charge in [0.05, 0.1) is 12.0 Å². The van der Waals surface area contributed by atoms with Crippen LogP contribution in [0.1, 0.15) is 11.1 Å². The van der Waals surface area contributed by atoms with Gasteiger partial charge in [0.1, 0.15) is 5.75 Å². The molecule has 0 spiro atoms. The molecular formula is C13H19NO4S. The fourth-order valence-corrected chi connectivity index (χ4v) is 4.40. The van der Waals surface area contributed by atoms with Gasteiger partial charge in [-0.15, -0.1) is 0 Å². The maximum absolute atomic E-state index is 12.5. The average Bonchev–Trinajstić information content (AvgIpc) is 2.25. The predicted molar refractivity (Wildman–Crippen MR) is 71.8 cm³/mol. The Morgan fingerprint density at radius 3 is 2.26 bits per heavy atom. The molecule has 0 bridgehead atoms. The highest BCUT2D eigenvalue weighted by molar-refractivity contribution is 7.89. The van der Waals surface area contributed by atoms with E-state index in [4.69, 9.17) is 9.84 Å². The Labute approximate surface area is 113 Å². The minimum Gasteiger partial charge on any atom is -0.497 e. The molecule has 6 heteroatoms. The van der Waals surface area contributed by atoms with Crippen LogP contribution in [-0.2, 0) is 10.0 Å². The van der Waals surface area contributed by atoms with E-state index in [-0.39, 0.29) is 12.5 Å². The van der Waals surface area contributed by atoms with Crippen molar-refractivity contribution in [2.75, 3.05) is 26.8 Å². The third-order valence-corrected chi connectivity index (χ3v) is 5.59. The van der Waals surface area contributed by atoms with E-state index in [0.29, 0.717) is 34.9 Å². The Hall–Kier alpha value is -1.11. The molecule has 1 aliphatic heterocycles. The van der Waals surface area contributed by atoms with Gasteiger partial charge in [-0.3, -0.25) is 0 Å². The van der Waals surface area contributed by atoms with Gasteiger partial charge in [-0.1, -0.05) is 0 Å². The summed E-state index contributed by atoms with van der Waals surface area (Å²) in [5.41, 5.74) is 1.37. The van der Waals surface area contributed by atoms with Crippen LogP contribution in [0.3, 0.4) is 0 Å². The molecule has 1 fully saturated rings. The molecule has 0 saturated carbocycles. The molecule has 1 N–H and O–H groups in total. The van der Waals surface area contributed by atoms with E-state index in [2.05, 4.69) is 0 Å². The molecule has 0 unspecified atom stereocenters. The Balaban J connectivity index is 2.37. The number of sulfonamides is 1. The smallest absolute Gasteiger partial charge is 0.243 e. The lowest BCUT2D eigenvalue weighted by molar-refractivity contribution is 0.117. The first-order chi connectivity index (χ1) is 8.90. The quantitative estimate of drug-likeness (QED) is 0.893. The second kappa shape index (κ2) is 5.11. The Morgan fingerprint density at radius 2 is 1.84 bits per heavy atom. The van der Waals surface area contributed by atoms with Crippen LogP contribution in [0, 0.1) is 19.8 Å². The van der Waals surface area contributed by atoms with Crippen LogP contribution in [0.4, 0.5) is 0 Å². The summed E-state index contributed by atoms with van der Waals surface area (Å²) in [4.78, 5) is 0.352. The molecule has 2 rings (SSSR count). The zero-order valence-corrected chi connectivity index (χ0v) is 12.2. The van der Waals surface area contributed by atoms with Crippen LogP contribution in [0.2, 0.25) is 0 Å². The summed E-state index contributed by atoms with van der Waals surface area (Å²) in [5, 5.41) is 8.98. The third kappa shape index (κ3) is 2.48. The number of nitrogens with zero attached hydrogens (tertiary/aromatic N) is 1. The summed E-state index contributed by atoms with van der Waals surface area (Å²) in [5.74, 6) is 0.722. The topological polar surface area (TPSA) is 66.8 Å². The monoisotopic (exact) mass is 285 g/mol. The minimum absolute atomic E-state index is 0.0343. The SMILES string of the molecule is COc1cc(C)c(S(=O)(=O)N2CC(CO)C2)c(C)c1. The van der Waals surface area contributed by atoms with Crippen LogP contribution in [0.15, 0.2) is 17.0 Å². The standard InChI is InChI=1S/C13H19NO4S/c1-9-4-12(18-3)5-10(2)13(9)19(16,17)14-6-11(7-14)8-15/h4-5,11,15H,6-8H2,1-3H3. The van der Waals surface area contributed by atoms with Crippen molar-refractivity contribution in [1.82, 2.24) is 4.31 Å². The van der Waals surface area contributed by atoms with E-state index in [1.165, 1.54) is 4.31 Å². The van der Waals surface area contributed by atoms with Crippen molar-refractivity contribution in [1.29, 1.82) is 0 Å². The predicted octanol–water partition coefficient (Wildman–Crippen LogP) is 0.925. The average molecular weight is 285 g/mol. The second-order valence-electron chi connectivity index (χ2n) is 4.96. The van der Waals surface area contributed by atoms with Gasteiger partial charge < -0.3 is 9.84 Å². The summed E-state index contributed by atoms with van der Waals surface area (Å²) < 4.78 is 31.6. The van der Waals surface area contributed by atoms with Crippen LogP contribution < -0.4 is 4.74 Å². The minimum atomic E-state index is -3.46. The molecule has 0 aliphatic carbocycles. The summed E-state index contributed by atoms with van der Waals surface area (Å²) in [7, 11) is -1.91. The number of aliphatic hydroxyl groups excluding tert-OH is 1. The van der Waals surface area contributed by atoms with Crippen LogP contribution in [0.5, 0.6) is 5.75 Å². The van der Waals surface area contributed by atoms with Crippen molar-refractivity contribution in [3.63, 3.8) is 0 Å². The van der Waals surface area contributed by atoms with E-state index >= 15 is 0 Å². The summed E-state index contributed by atoms with van der Waals surface area (Å²) >= 11 is 0. The van der Waals surface area contributed by atoms with Crippen molar-refractivity contribution in [3.8, 4) is 5.75 Å². The Morgan fingerprint density at radius 1 is 1.32 bits per heavy atom. The molecule has 1 aliphatic rings. The fourth-order valence-electron chi connectivity index (χ4n) is 2.40. The summed E-state index contributed by atoms with van der Waals surface area (Å²) in [6, 6.07) is 3.45. The van der Waals surface area contributed by atoms with Gasteiger partial charge >= 0.3 is 0 Å². The molecule has 0 aromatic heterocycles. The fraction of sp³-hybridized carbons (Fsp3) is 0.538. The number of rotatable bonds is 4. The van der Waals surface area contributed by atoms with E-state index in [1.54, 1.807) is 33.1 Å². The number of ether oxygens (including phenoxy) is 1. The molecule has 1 saturated heterocycles. The highest BCUT2D eigenvalue weighted by Gasteiger charge is 2.37. The van der Waals surface area contributed by atoms with Crippen LogP contribution in [0.25, 0.3) is 0 Å². The summed E-state index contributed by atoms with van der Waals surface area (Å²) in [6.45, 7) is 4.36. The first-order valence-corrected chi connectivity index (χ1v) is 7.60. The number of hydrogen-bond acceptors (Lipinski definition) is 4. The number of hydrogen-bond donors (Lipinski definition) is 1. The molecule has 0 amide bonds. The van der Waals surface area contributed by atoms with Crippen LogP contribution >= 0.6 is 0 Å². The van der Waals surface area contributed by atoms with Crippen LogP contribution in [-0.4, -0.2) is 44.6 Å². The number of aliphatic hydroxyl groups is 1. The van der Waals surface area contributed by atoms with E-state index in [1.807, 2.05) is 0 Å².